The molecule has 10 nitrogen and oxygen atoms in total. The number of amides is 1. The fourth-order valence-corrected chi connectivity index (χ4v) is 5.95. The Kier molecular flexibility index (Phi) is 7.85. The average molecular weight is 545 g/mol. The summed E-state index contributed by atoms with van der Waals surface area (Å²) < 4.78 is 73.0. The number of fused-ring (bicyclic) bond motifs is 1. The predicted octanol–water partition coefficient (Wildman–Crippen LogP) is 1.72. The number of alkyl halides is 3. The van der Waals surface area contributed by atoms with Crippen LogP contribution in [-0.4, -0.2) is 73.6 Å². The van der Waals surface area contributed by atoms with E-state index in [1.807, 2.05) is 0 Å². The number of sulfonamides is 1. The lowest BCUT2D eigenvalue weighted by atomic mass is 10.1. The molecule has 0 radical (unpaired) electrons. The number of carbonyl (C=O) groups excluding carboxylic acids is 1. The van der Waals surface area contributed by atoms with E-state index in [9.17, 15) is 26.4 Å². The molecule has 0 saturated carbocycles. The molecule has 1 amide bonds. The van der Waals surface area contributed by atoms with Crippen molar-refractivity contribution in [2.45, 2.75) is 23.4 Å². The molecule has 1 aliphatic rings. The van der Waals surface area contributed by atoms with Crippen LogP contribution in [-0.2, 0) is 25.7 Å². The molecule has 15 heteroatoms. The Morgan fingerprint density at radius 3 is 2.67 bits per heavy atom. The molecule has 3 aromatic rings. The van der Waals surface area contributed by atoms with Gasteiger partial charge in [-0.1, -0.05) is 0 Å². The summed E-state index contributed by atoms with van der Waals surface area (Å²) in [6, 6.07) is 4.91. The first kappa shape index (κ1) is 26.3. The second-order valence-electron chi connectivity index (χ2n) is 8.02. The SMILES string of the molecule is NC(=O)C(c1nccc(C(F)(F)F)n1)c1nc2ccc(S(=O)(=O)NCCCN3CCOCC3)cc2s1. The minimum absolute atomic E-state index is 0.00233. The quantitative estimate of drug-likeness (QED) is 0.388. The first-order valence-corrected chi connectivity index (χ1v) is 13.2. The monoisotopic (exact) mass is 544 g/mol. The van der Waals surface area contributed by atoms with E-state index >= 15 is 0 Å². The van der Waals surface area contributed by atoms with Gasteiger partial charge in [0.25, 0.3) is 0 Å². The van der Waals surface area contributed by atoms with Gasteiger partial charge in [-0.05, 0) is 37.2 Å². The van der Waals surface area contributed by atoms with Crippen molar-refractivity contribution >= 4 is 37.5 Å². The van der Waals surface area contributed by atoms with Gasteiger partial charge in [0.1, 0.15) is 22.4 Å². The van der Waals surface area contributed by atoms with E-state index < -0.39 is 39.5 Å². The molecule has 1 unspecified atom stereocenters. The molecule has 0 aliphatic carbocycles. The van der Waals surface area contributed by atoms with E-state index in [1.54, 1.807) is 0 Å². The van der Waals surface area contributed by atoms with Gasteiger partial charge in [-0.15, -0.1) is 11.3 Å². The van der Waals surface area contributed by atoms with Gasteiger partial charge in [-0.2, -0.15) is 13.2 Å². The van der Waals surface area contributed by atoms with E-state index in [0.717, 1.165) is 37.2 Å². The van der Waals surface area contributed by atoms with Crippen molar-refractivity contribution in [3.63, 3.8) is 0 Å². The van der Waals surface area contributed by atoms with E-state index in [1.165, 1.54) is 18.2 Å². The highest BCUT2D eigenvalue weighted by atomic mass is 32.2. The van der Waals surface area contributed by atoms with Crippen LogP contribution in [0.3, 0.4) is 0 Å². The van der Waals surface area contributed by atoms with Gasteiger partial charge in [0.2, 0.25) is 15.9 Å². The van der Waals surface area contributed by atoms with Crippen LogP contribution in [0, 0.1) is 0 Å². The standard InChI is InChI=1S/C21H23F3N6O4S2/c22-21(23,24)16-4-6-26-19(29-16)17(18(25)31)20-28-14-3-2-13(12-15(14)35-20)36(32,33)27-5-1-7-30-8-10-34-11-9-30/h2-4,6,12,17,27H,1,5,7-11H2,(H2,25,31). The Bertz CT molecular complexity index is 1340. The summed E-state index contributed by atoms with van der Waals surface area (Å²) in [6.07, 6.45) is -3.21. The molecule has 2 aromatic heterocycles. The number of rotatable bonds is 9. The summed E-state index contributed by atoms with van der Waals surface area (Å²) in [5.41, 5.74) is 4.60. The van der Waals surface area contributed by atoms with E-state index in [0.29, 0.717) is 35.9 Å². The molecule has 36 heavy (non-hydrogen) atoms. The van der Waals surface area contributed by atoms with E-state index in [2.05, 4.69) is 24.6 Å². The maximum atomic E-state index is 13.1. The zero-order chi connectivity index (χ0) is 25.9. The van der Waals surface area contributed by atoms with Crippen molar-refractivity contribution < 1.29 is 31.1 Å². The summed E-state index contributed by atoms with van der Waals surface area (Å²) in [4.78, 5) is 25.9. The number of ether oxygens (including phenoxy) is 1. The smallest absolute Gasteiger partial charge is 0.379 e. The number of halogens is 3. The summed E-state index contributed by atoms with van der Waals surface area (Å²) in [5.74, 6) is -2.85. The molecule has 194 valence electrons. The Morgan fingerprint density at radius 1 is 1.22 bits per heavy atom. The number of aromatic nitrogens is 3. The lowest BCUT2D eigenvalue weighted by Gasteiger charge is -2.26. The summed E-state index contributed by atoms with van der Waals surface area (Å²) in [6.45, 7) is 3.96. The van der Waals surface area contributed by atoms with Crippen LogP contribution >= 0.6 is 11.3 Å². The molecule has 0 bridgehead atoms. The maximum absolute atomic E-state index is 13.1. The first-order chi connectivity index (χ1) is 17.0. The van der Waals surface area contributed by atoms with Crippen LogP contribution in [0.15, 0.2) is 35.4 Å². The number of nitrogens with two attached hydrogens (primary N) is 1. The van der Waals surface area contributed by atoms with Crippen LogP contribution < -0.4 is 10.5 Å². The summed E-state index contributed by atoms with van der Waals surface area (Å²) in [7, 11) is -3.81. The second kappa shape index (κ2) is 10.7. The molecule has 1 aromatic carbocycles. The molecular weight excluding hydrogens is 521 g/mol. The number of thiazole rings is 1. The highest BCUT2D eigenvalue weighted by molar-refractivity contribution is 7.89. The number of nitrogens with zero attached hydrogens (tertiary/aromatic N) is 4. The van der Waals surface area contributed by atoms with Gasteiger partial charge in [0, 0.05) is 25.8 Å². The fourth-order valence-electron chi connectivity index (χ4n) is 3.66. The van der Waals surface area contributed by atoms with Crippen molar-refractivity contribution in [2.75, 3.05) is 39.4 Å². The fraction of sp³-hybridized carbons (Fsp3) is 0.429. The van der Waals surface area contributed by atoms with Crippen LogP contribution in [0.5, 0.6) is 0 Å². The molecule has 1 atom stereocenters. The van der Waals surface area contributed by atoms with E-state index in [-0.39, 0.29) is 16.4 Å². The highest BCUT2D eigenvalue weighted by Crippen LogP contribution is 2.33. The van der Waals surface area contributed by atoms with Crippen molar-refractivity contribution in [1.82, 2.24) is 24.6 Å². The molecule has 3 N–H and O–H groups in total. The number of hydrogen-bond acceptors (Lipinski definition) is 9. The number of nitrogens with one attached hydrogen (secondary N) is 1. The molecule has 3 heterocycles. The van der Waals surface area contributed by atoms with Gasteiger partial charge < -0.3 is 10.5 Å². The van der Waals surface area contributed by atoms with Gasteiger partial charge >= 0.3 is 6.18 Å². The maximum Gasteiger partial charge on any atom is 0.433 e. The first-order valence-electron chi connectivity index (χ1n) is 10.9. The molecular formula is C21H23F3N6O4S2. The van der Waals surface area contributed by atoms with Crippen LogP contribution in [0.4, 0.5) is 13.2 Å². The Hall–Kier alpha value is -2.72. The Morgan fingerprint density at radius 2 is 1.97 bits per heavy atom. The van der Waals surface area contributed by atoms with Gasteiger partial charge in [0.05, 0.1) is 28.3 Å². The lowest BCUT2D eigenvalue weighted by Crippen LogP contribution is -2.38. The largest absolute Gasteiger partial charge is 0.433 e. The number of primary amides is 1. The van der Waals surface area contributed by atoms with Gasteiger partial charge in [0.15, 0.2) is 0 Å². The third-order valence-corrected chi connectivity index (χ3v) is 8.03. The van der Waals surface area contributed by atoms with Gasteiger partial charge in [-0.3, -0.25) is 9.69 Å². The number of carbonyl (C=O) groups is 1. The van der Waals surface area contributed by atoms with Crippen LogP contribution in [0.1, 0.15) is 28.9 Å². The van der Waals surface area contributed by atoms with Gasteiger partial charge in [-0.25, -0.2) is 28.1 Å². The summed E-state index contributed by atoms with van der Waals surface area (Å²) >= 11 is 0.935. The normalized spacial score (nSPS) is 16.3. The van der Waals surface area contributed by atoms with E-state index in [4.69, 9.17) is 10.5 Å². The van der Waals surface area contributed by atoms with Crippen molar-refractivity contribution in [3.8, 4) is 0 Å². The lowest BCUT2D eigenvalue weighted by molar-refractivity contribution is -0.141. The zero-order valence-electron chi connectivity index (χ0n) is 18.9. The van der Waals surface area contributed by atoms with Crippen LogP contribution in [0.25, 0.3) is 10.2 Å². The third kappa shape index (κ3) is 6.15. The Labute approximate surface area is 208 Å². The predicted molar refractivity (Wildman–Crippen MR) is 125 cm³/mol. The van der Waals surface area contributed by atoms with Crippen molar-refractivity contribution in [3.05, 3.63) is 47.0 Å². The average Bonchev–Trinajstić information content (AvgIpc) is 3.25. The van der Waals surface area contributed by atoms with Crippen molar-refractivity contribution in [2.24, 2.45) is 5.73 Å². The van der Waals surface area contributed by atoms with Crippen molar-refractivity contribution in [1.29, 1.82) is 0 Å². The zero-order valence-corrected chi connectivity index (χ0v) is 20.5. The molecule has 1 saturated heterocycles. The number of morpholine rings is 1. The minimum atomic E-state index is -4.73. The molecule has 1 fully saturated rings. The molecule has 1 aliphatic heterocycles. The Balaban J connectivity index is 1.52. The van der Waals surface area contributed by atoms with Crippen LogP contribution in [0.2, 0.25) is 0 Å². The highest BCUT2D eigenvalue weighted by Gasteiger charge is 2.35. The third-order valence-electron chi connectivity index (χ3n) is 5.49. The number of hydrogen-bond donors (Lipinski definition) is 2. The number of benzene rings is 1. The minimum Gasteiger partial charge on any atom is -0.379 e. The molecule has 0 spiro atoms. The second-order valence-corrected chi connectivity index (χ2v) is 10.8. The molecule has 4 rings (SSSR count). The summed E-state index contributed by atoms with van der Waals surface area (Å²) in [5, 5.41) is 0.0600. The topological polar surface area (TPSA) is 140 Å².